The van der Waals surface area contributed by atoms with Crippen LogP contribution < -0.4 is 0 Å². The number of aliphatic hydroxyl groups is 1. The summed E-state index contributed by atoms with van der Waals surface area (Å²) in [5.41, 5.74) is 1.08. The van der Waals surface area contributed by atoms with Crippen LogP contribution >= 0.6 is 0 Å². The molecule has 1 amide bonds. The van der Waals surface area contributed by atoms with E-state index in [4.69, 9.17) is 0 Å². The van der Waals surface area contributed by atoms with Crippen molar-refractivity contribution in [3.8, 4) is 0 Å². The van der Waals surface area contributed by atoms with Gasteiger partial charge in [-0.3, -0.25) is 9.78 Å². The maximum Gasteiger partial charge on any atom is 0.275 e. The maximum atomic E-state index is 12.2. The highest BCUT2D eigenvalue weighted by Gasteiger charge is 2.40. The topological polar surface area (TPSA) is 53.4 Å². The highest BCUT2D eigenvalue weighted by atomic mass is 16.3. The van der Waals surface area contributed by atoms with Crippen LogP contribution in [0.1, 0.15) is 54.4 Å². The number of aliphatic hydroxyl groups excluding tert-OH is 1. The van der Waals surface area contributed by atoms with E-state index in [1.165, 1.54) is 6.42 Å². The summed E-state index contributed by atoms with van der Waals surface area (Å²) in [4.78, 5) is 17.9. The molecule has 1 atom stereocenters. The molecule has 0 bridgehead atoms. The Morgan fingerprint density at radius 3 is 2.76 bits per heavy atom. The molecule has 1 fully saturated rings. The fourth-order valence-corrected chi connectivity index (χ4v) is 2.91. The molecule has 0 spiro atoms. The van der Waals surface area contributed by atoms with Crippen LogP contribution in [0.4, 0.5) is 0 Å². The highest BCUT2D eigenvalue weighted by molar-refractivity contribution is 5.97. The van der Waals surface area contributed by atoms with E-state index in [0.717, 1.165) is 25.7 Å². The first-order valence-corrected chi connectivity index (χ1v) is 6.24. The van der Waals surface area contributed by atoms with E-state index >= 15 is 0 Å². The third-order valence-corrected chi connectivity index (χ3v) is 3.79. The standard InChI is InChI=1S/C13H16N2O2/c16-12-10-7-4-8-14-11(10)13(17)15(12)9-5-2-1-3-6-9/h4,7-9,12,16H,1-3,5-6H2. The number of amides is 1. The molecule has 1 unspecified atom stereocenters. The van der Waals surface area contributed by atoms with Gasteiger partial charge in [-0.15, -0.1) is 0 Å². The Labute approximate surface area is 100 Å². The summed E-state index contributed by atoms with van der Waals surface area (Å²) in [7, 11) is 0. The van der Waals surface area contributed by atoms with Crippen LogP contribution in [0, 0.1) is 0 Å². The zero-order valence-electron chi connectivity index (χ0n) is 9.67. The van der Waals surface area contributed by atoms with Crippen LogP contribution in [-0.4, -0.2) is 26.9 Å². The number of carbonyl (C=O) groups excluding carboxylic acids is 1. The molecule has 0 aromatic carbocycles. The lowest BCUT2D eigenvalue weighted by atomic mass is 9.94. The van der Waals surface area contributed by atoms with E-state index in [2.05, 4.69) is 4.98 Å². The molecule has 1 aromatic heterocycles. The van der Waals surface area contributed by atoms with Gasteiger partial charge in [-0.25, -0.2) is 0 Å². The third kappa shape index (κ3) is 1.63. The van der Waals surface area contributed by atoms with Crippen LogP contribution in [0.3, 0.4) is 0 Å². The molecule has 4 heteroatoms. The number of nitrogens with zero attached hydrogens (tertiary/aromatic N) is 2. The summed E-state index contributed by atoms with van der Waals surface area (Å²) in [5, 5.41) is 10.2. The van der Waals surface area contributed by atoms with Gasteiger partial charge in [0, 0.05) is 17.8 Å². The summed E-state index contributed by atoms with van der Waals surface area (Å²) in [6.07, 6.45) is 6.33. The largest absolute Gasteiger partial charge is 0.369 e. The zero-order chi connectivity index (χ0) is 11.8. The molecule has 0 radical (unpaired) electrons. The van der Waals surface area contributed by atoms with E-state index in [1.807, 2.05) is 0 Å². The smallest absolute Gasteiger partial charge is 0.275 e. The Balaban J connectivity index is 1.91. The van der Waals surface area contributed by atoms with Crippen LogP contribution in [-0.2, 0) is 0 Å². The molecular weight excluding hydrogens is 216 g/mol. The van der Waals surface area contributed by atoms with Gasteiger partial charge in [0.05, 0.1) is 0 Å². The molecule has 1 aliphatic carbocycles. The summed E-state index contributed by atoms with van der Waals surface area (Å²) in [6.45, 7) is 0. The van der Waals surface area contributed by atoms with Crippen molar-refractivity contribution in [3.63, 3.8) is 0 Å². The first-order chi connectivity index (χ1) is 8.29. The molecule has 3 rings (SSSR count). The second-order valence-corrected chi connectivity index (χ2v) is 4.82. The minimum atomic E-state index is -0.797. The van der Waals surface area contributed by atoms with Gasteiger partial charge in [-0.05, 0) is 18.9 Å². The molecule has 2 heterocycles. The SMILES string of the molecule is O=C1c2ncccc2C(O)N1C1CCCCC1. The minimum Gasteiger partial charge on any atom is -0.369 e. The number of hydrogen-bond acceptors (Lipinski definition) is 3. The molecule has 4 nitrogen and oxygen atoms in total. The maximum absolute atomic E-state index is 12.2. The van der Waals surface area contributed by atoms with Gasteiger partial charge < -0.3 is 10.0 Å². The number of fused-ring (bicyclic) bond motifs is 1. The highest BCUT2D eigenvalue weighted by Crippen LogP contribution is 2.36. The molecule has 1 N–H and O–H groups in total. The van der Waals surface area contributed by atoms with Crippen molar-refractivity contribution in [2.45, 2.75) is 44.4 Å². The third-order valence-electron chi connectivity index (χ3n) is 3.79. The average molecular weight is 232 g/mol. The van der Waals surface area contributed by atoms with E-state index in [-0.39, 0.29) is 11.9 Å². The minimum absolute atomic E-state index is 0.111. The van der Waals surface area contributed by atoms with Crippen molar-refractivity contribution in [1.29, 1.82) is 0 Å². The normalized spacial score (nSPS) is 25.1. The second-order valence-electron chi connectivity index (χ2n) is 4.82. The number of rotatable bonds is 1. The summed E-state index contributed by atoms with van der Waals surface area (Å²) >= 11 is 0. The first kappa shape index (κ1) is 10.7. The van der Waals surface area contributed by atoms with Crippen molar-refractivity contribution >= 4 is 5.91 Å². The fourth-order valence-electron chi connectivity index (χ4n) is 2.91. The predicted octanol–water partition coefficient (Wildman–Crippen LogP) is 1.86. The number of pyridine rings is 1. The Kier molecular flexibility index (Phi) is 2.59. The van der Waals surface area contributed by atoms with E-state index in [9.17, 15) is 9.90 Å². The van der Waals surface area contributed by atoms with Crippen molar-refractivity contribution in [2.75, 3.05) is 0 Å². The van der Waals surface area contributed by atoms with E-state index < -0.39 is 6.23 Å². The quantitative estimate of drug-likeness (QED) is 0.804. The monoisotopic (exact) mass is 232 g/mol. The number of hydrogen-bond donors (Lipinski definition) is 1. The average Bonchev–Trinajstić information content (AvgIpc) is 2.64. The molecule has 1 aliphatic heterocycles. The summed E-state index contributed by atoms with van der Waals surface area (Å²) < 4.78 is 0. The van der Waals surface area contributed by atoms with Crippen LogP contribution in [0.2, 0.25) is 0 Å². The van der Waals surface area contributed by atoms with Crippen LogP contribution in [0.15, 0.2) is 18.3 Å². The lowest BCUT2D eigenvalue weighted by Crippen LogP contribution is -2.39. The number of aromatic nitrogens is 1. The van der Waals surface area contributed by atoms with Gasteiger partial charge >= 0.3 is 0 Å². The van der Waals surface area contributed by atoms with Crippen molar-refractivity contribution in [2.24, 2.45) is 0 Å². The van der Waals surface area contributed by atoms with Crippen molar-refractivity contribution < 1.29 is 9.90 Å². The predicted molar refractivity (Wildman–Crippen MR) is 62.2 cm³/mol. The summed E-state index contributed by atoms with van der Waals surface area (Å²) in [5.74, 6) is -0.111. The Morgan fingerprint density at radius 2 is 2.06 bits per heavy atom. The van der Waals surface area contributed by atoms with Crippen molar-refractivity contribution in [1.82, 2.24) is 9.88 Å². The van der Waals surface area contributed by atoms with Gasteiger partial charge in [0.25, 0.3) is 5.91 Å². The Bertz CT molecular complexity index is 441. The molecule has 2 aliphatic rings. The zero-order valence-corrected chi connectivity index (χ0v) is 9.67. The molecule has 0 saturated heterocycles. The van der Waals surface area contributed by atoms with Gasteiger partial charge in [-0.1, -0.05) is 25.3 Å². The van der Waals surface area contributed by atoms with E-state index in [0.29, 0.717) is 11.3 Å². The van der Waals surface area contributed by atoms with E-state index in [1.54, 1.807) is 23.2 Å². The molecule has 1 saturated carbocycles. The lowest BCUT2D eigenvalue weighted by molar-refractivity contribution is -0.0107. The molecule has 1 aromatic rings. The van der Waals surface area contributed by atoms with Crippen LogP contribution in [0.5, 0.6) is 0 Å². The second kappa shape index (κ2) is 4.11. The molecule has 90 valence electrons. The summed E-state index contributed by atoms with van der Waals surface area (Å²) in [6, 6.07) is 3.73. The fraction of sp³-hybridized carbons (Fsp3) is 0.538. The van der Waals surface area contributed by atoms with Gasteiger partial charge in [0.1, 0.15) is 5.69 Å². The lowest BCUT2D eigenvalue weighted by Gasteiger charge is -2.33. The molecular formula is C13H16N2O2. The van der Waals surface area contributed by atoms with Gasteiger partial charge in [0.2, 0.25) is 0 Å². The molecule has 17 heavy (non-hydrogen) atoms. The van der Waals surface area contributed by atoms with Gasteiger partial charge in [-0.2, -0.15) is 0 Å². The van der Waals surface area contributed by atoms with Crippen molar-refractivity contribution in [3.05, 3.63) is 29.6 Å². The number of carbonyl (C=O) groups is 1. The Morgan fingerprint density at radius 1 is 1.29 bits per heavy atom. The first-order valence-electron chi connectivity index (χ1n) is 6.24. The Hall–Kier alpha value is -1.42. The van der Waals surface area contributed by atoms with Gasteiger partial charge in [0.15, 0.2) is 6.23 Å². The van der Waals surface area contributed by atoms with Crippen LogP contribution in [0.25, 0.3) is 0 Å².